The molecular weight excluding hydrogens is 454 g/mol. The molecule has 4 heterocycles. The van der Waals surface area contributed by atoms with Crippen LogP contribution in [0.4, 0.5) is 0 Å². The van der Waals surface area contributed by atoms with Gasteiger partial charge in [-0.15, -0.1) is 10.2 Å². The lowest BCUT2D eigenvalue weighted by atomic mass is 9.96. The zero-order valence-corrected chi connectivity index (χ0v) is 19.4. The van der Waals surface area contributed by atoms with Crippen LogP contribution in [0.3, 0.4) is 0 Å². The number of carbonyl (C=O) groups is 2. The molecule has 3 aromatic rings. The van der Waals surface area contributed by atoms with E-state index in [2.05, 4.69) is 38.2 Å². The van der Waals surface area contributed by atoms with Crippen molar-refractivity contribution in [3.8, 4) is 22.6 Å². The van der Waals surface area contributed by atoms with Crippen LogP contribution < -0.4 is 9.67 Å². The molecule has 0 bridgehead atoms. The first kappa shape index (κ1) is 22.1. The van der Waals surface area contributed by atoms with Crippen LogP contribution in [0.2, 0.25) is 0 Å². The Balaban J connectivity index is 1.32. The normalized spacial score (nSPS) is 17.2. The van der Waals surface area contributed by atoms with E-state index in [-0.39, 0.29) is 22.9 Å². The summed E-state index contributed by atoms with van der Waals surface area (Å²) in [5.74, 6) is -0.806. The van der Waals surface area contributed by atoms with Crippen LogP contribution in [-0.2, 0) is 16.1 Å². The second-order valence-corrected chi connectivity index (χ2v) is 8.89. The fraction of sp³-hybridized carbons (Fsp3) is 0.304. The summed E-state index contributed by atoms with van der Waals surface area (Å²) in [4.78, 5) is 28.6. The van der Waals surface area contributed by atoms with Crippen molar-refractivity contribution in [2.45, 2.75) is 38.3 Å². The summed E-state index contributed by atoms with van der Waals surface area (Å²) in [5, 5.41) is 26.0. The molecule has 1 amide bonds. The van der Waals surface area contributed by atoms with Crippen molar-refractivity contribution in [3.05, 3.63) is 59.7 Å². The molecule has 1 aliphatic carbocycles. The number of hydrogen-bond donors (Lipinski definition) is 3. The highest BCUT2D eigenvalue weighted by Gasteiger charge is 2.60. The van der Waals surface area contributed by atoms with Gasteiger partial charge in [0.15, 0.2) is 18.9 Å². The number of carbonyl (C=O) groups excluding carboxylic acids is 2. The van der Waals surface area contributed by atoms with Gasteiger partial charge in [0.05, 0.1) is 29.3 Å². The van der Waals surface area contributed by atoms with Crippen molar-refractivity contribution in [1.29, 1.82) is 0 Å². The van der Waals surface area contributed by atoms with Gasteiger partial charge in [-0.25, -0.2) is 4.57 Å². The molecule has 0 aromatic carbocycles. The lowest BCUT2D eigenvalue weighted by molar-refractivity contribution is -0.686. The minimum Gasteiger partial charge on any atom is -0.543 e. The number of β-lactam (4-membered cyclic amide) rings is 1. The number of carboxylic acids is 1. The van der Waals surface area contributed by atoms with Gasteiger partial charge < -0.3 is 19.8 Å². The van der Waals surface area contributed by atoms with Crippen molar-refractivity contribution in [1.82, 2.24) is 30.5 Å². The smallest absolute Gasteiger partial charge is 0.229 e. The zero-order valence-electron chi connectivity index (χ0n) is 18.5. The average molecular weight is 478 g/mol. The van der Waals surface area contributed by atoms with Crippen LogP contribution in [0.25, 0.3) is 22.6 Å². The van der Waals surface area contributed by atoms with E-state index in [1.165, 1.54) is 4.90 Å². The van der Waals surface area contributed by atoms with E-state index < -0.39 is 5.97 Å². The summed E-state index contributed by atoms with van der Waals surface area (Å²) < 4.78 is 1.97. The van der Waals surface area contributed by atoms with Crippen LogP contribution >= 0.6 is 12.6 Å². The van der Waals surface area contributed by atoms with Crippen LogP contribution in [0, 0.1) is 6.92 Å². The maximum Gasteiger partial charge on any atom is 0.229 e. The van der Waals surface area contributed by atoms with Gasteiger partial charge in [0.1, 0.15) is 0 Å². The van der Waals surface area contributed by atoms with E-state index in [0.29, 0.717) is 24.4 Å². The number of H-pyrrole nitrogens is 2. The van der Waals surface area contributed by atoms with E-state index in [1.54, 1.807) is 6.08 Å². The van der Waals surface area contributed by atoms with E-state index in [4.69, 9.17) is 0 Å². The number of aromatic amines is 2. The van der Waals surface area contributed by atoms with Gasteiger partial charge in [0, 0.05) is 29.6 Å². The van der Waals surface area contributed by atoms with Crippen molar-refractivity contribution in [3.63, 3.8) is 0 Å². The number of likely N-dealkylation sites (tertiary alicyclic amines) is 1. The molecule has 10 nitrogen and oxygen atoms in total. The Morgan fingerprint density at radius 3 is 2.71 bits per heavy atom. The van der Waals surface area contributed by atoms with Crippen molar-refractivity contribution in [2.75, 3.05) is 5.75 Å². The first-order valence-electron chi connectivity index (χ1n) is 10.9. The van der Waals surface area contributed by atoms with Gasteiger partial charge in [0.25, 0.3) is 0 Å². The van der Waals surface area contributed by atoms with Crippen molar-refractivity contribution >= 4 is 24.5 Å². The number of allylic oxidation sites excluding steroid dienone is 2. The summed E-state index contributed by atoms with van der Waals surface area (Å²) >= 11 is 4.30. The van der Waals surface area contributed by atoms with Gasteiger partial charge in [-0.05, 0) is 47.8 Å². The number of pyridine rings is 1. The number of nitrogens with zero attached hydrogens (tertiary/aromatic N) is 5. The Kier molecular flexibility index (Phi) is 5.56. The van der Waals surface area contributed by atoms with Crippen LogP contribution in [0.5, 0.6) is 0 Å². The SMILES string of the molecule is Cc1c(-c2cc[n+](C/C=C/C(CS)=C(\C(=O)[O-])N3C(=O)CC34CC4)cc2)c[nH]c1-c1nn[nH]n1. The number of nitrogens with one attached hydrogen (secondary N) is 2. The minimum atomic E-state index is -1.34. The van der Waals surface area contributed by atoms with Crippen LogP contribution in [-0.4, -0.2) is 53.7 Å². The van der Waals surface area contributed by atoms with Gasteiger partial charge in [0.2, 0.25) is 11.7 Å². The van der Waals surface area contributed by atoms with E-state index in [1.807, 2.05) is 48.3 Å². The number of amides is 1. The molecule has 1 aliphatic heterocycles. The molecule has 1 saturated heterocycles. The monoisotopic (exact) mass is 477 g/mol. The summed E-state index contributed by atoms with van der Waals surface area (Å²) in [5.41, 5.74) is 4.01. The molecule has 34 heavy (non-hydrogen) atoms. The van der Waals surface area contributed by atoms with Gasteiger partial charge in [-0.2, -0.15) is 17.8 Å². The second kappa shape index (κ2) is 8.56. The average Bonchev–Trinajstić information content (AvgIpc) is 3.26. The highest BCUT2D eigenvalue weighted by atomic mass is 32.1. The van der Waals surface area contributed by atoms with E-state index in [0.717, 1.165) is 35.2 Å². The maximum atomic E-state index is 12.1. The lowest BCUT2D eigenvalue weighted by Crippen LogP contribution is -2.57. The Morgan fingerprint density at radius 2 is 2.12 bits per heavy atom. The number of aliphatic carboxylic acids is 1. The third-order valence-corrected chi connectivity index (χ3v) is 6.81. The fourth-order valence-corrected chi connectivity index (χ4v) is 4.72. The third-order valence-electron chi connectivity index (χ3n) is 6.47. The lowest BCUT2D eigenvalue weighted by Gasteiger charge is -2.43. The third kappa shape index (κ3) is 3.81. The minimum absolute atomic E-state index is 0.0549. The molecule has 2 fully saturated rings. The summed E-state index contributed by atoms with van der Waals surface area (Å²) in [6.07, 6.45) is 11.4. The van der Waals surface area contributed by atoms with E-state index in [9.17, 15) is 14.7 Å². The molecule has 1 spiro atoms. The molecule has 11 heteroatoms. The zero-order chi connectivity index (χ0) is 23.9. The molecule has 0 radical (unpaired) electrons. The maximum absolute atomic E-state index is 12.1. The first-order chi connectivity index (χ1) is 16.4. The topological polar surface area (TPSA) is 135 Å². The molecule has 0 unspecified atom stereocenters. The summed E-state index contributed by atoms with van der Waals surface area (Å²) in [6.45, 7) is 2.52. The van der Waals surface area contributed by atoms with Crippen LogP contribution in [0.15, 0.2) is 54.1 Å². The van der Waals surface area contributed by atoms with Crippen molar-refractivity contribution in [2.24, 2.45) is 0 Å². The number of rotatable bonds is 8. The Bertz CT molecular complexity index is 1300. The van der Waals surface area contributed by atoms with Gasteiger partial charge >= 0.3 is 0 Å². The Labute approximate surface area is 200 Å². The molecule has 174 valence electrons. The van der Waals surface area contributed by atoms with Gasteiger partial charge in [-0.3, -0.25) is 4.79 Å². The number of hydrogen-bond acceptors (Lipinski definition) is 7. The second-order valence-electron chi connectivity index (χ2n) is 8.57. The van der Waals surface area contributed by atoms with Crippen molar-refractivity contribution < 1.29 is 19.3 Å². The highest BCUT2D eigenvalue weighted by molar-refractivity contribution is 7.80. The Hall–Kier alpha value is -3.73. The summed E-state index contributed by atoms with van der Waals surface area (Å²) in [7, 11) is 0. The van der Waals surface area contributed by atoms with Crippen LogP contribution in [0.1, 0.15) is 24.8 Å². The molecule has 5 rings (SSSR count). The molecule has 1 saturated carbocycles. The summed E-state index contributed by atoms with van der Waals surface area (Å²) in [6, 6.07) is 4.00. The largest absolute Gasteiger partial charge is 0.543 e. The highest BCUT2D eigenvalue weighted by Crippen LogP contribution is 2.54. The molecule has 2 N–H and O–H groups in total. The first-order valence-corrected chi connectivity index (χ1v) is 11.5. The number of carboxylic acid groups (broad SMARTS) is 1. The standard InChI is InChI=1S/C23H23N7O3S/c1-14-17(12-24-19(14)21-25-27-28-26-21)15-4-9-29(10-5-15)8-2-3-16(13-34)20(22(32)33)30-18(31)11-23(30)6-7-23/h2-5,9-10,12H,6-8,11,13H2,1H3,(H3,25,26,27,28,32,33,34)/b3-2+,20-16-. The van der Waals surface area contributed by atoms with E-state index >= 15 is 0 Å². The molecule has 2 aliphatic rings. The number of thiol groups is 1. The fourth-order valence-electron chi connectivity index (χ4n) is 4.46. The molecular formula is C23H23N7O3S. The number of tetrazole rings is 1. The molecule has 3 aromatic heterocycles. The number of aromatic nitrogens is 6. The quantitative estimate of drug-likeness (QED) is 0.144. The predicted octanol–water partition coefficient (Wildman–Crippen LogP) is 0.713. The molecule has 0 atom stereocenters. The predicted molar refractivity (Wildman–Crippen MR) is 123 cm³/mol. The van der Waals surface area contributed by atoms with Gasteiger partial charge in [-0.1, -0.05) is 6.08 Å². The Morgan fingerprint density at radius 1 is 1.35 bits per heavy atom.